The second kappa shape index (κ2) is 10.9. The Hall–Kier alpha value is -4.14. The van der Waals surface area contributed by atoms with E-state index in [-0.39, 0.29) is 5.56 Å². The standard InChI is InChI=1S/C24H24N2O7/c1-32-18-12-10-16(11-13-18)25-21(27)14-33-24(31)15-6-8-17(9-7-15)26-22(28)19-4-2-3-5-20(19)23(29)30/h2-3,6-13,19-20H,4-5,14H2,1H3,(H,25,27)(H,26,28)(H,29,30)/t19-,20-/m1/s1. The van der Waals surface area contributed by atoms with Crippen LogP contribution in [0.15, 0.2) is 60.7 Å². The molecule has 9 nitrogen and oxygen atoms in total. The molecule has 0 bridgehead atoms. The smallest absolute Gasteiger partial charge is 0.338 e. The normalized spacial score (nSPS) is 17.0. The summed E-state index contributed by atoms with van der Waals surface area (Å²) in [6, 6.07) is 12.6. The fourth-order valence-electron chi connectivity index (χ4n) is 3.39. The average Bonchev–Trinajstić information content (AvgIpc) is 2.83. The molecular weight excluding hydrogens is 428 g/mol. The molecule has 2 amide bonds. The van der Waals surface area contributed by atoms with Gasteiger partial charge in [-0.15, -0.1) is 0 Å². The number of esters is 1. The van der Waals surface area contributed by atoms with Crippen molar-refractivity contribution in [2.75, 3.05) is 24.4 Å². The van der Waals surface area contributed by atoms with E-state index in [2.05, 4.69) is 10.6 Å². The molecule has 2 aromatic carbocycles. The summed E-state index contributed by atoms with van der Waals surface area (Å²) in [6.07, 6.45) is 4.23. The van der Waals surface area contributed by atoms with E-state index in [1.165, 1.54) is 31.4 Å². The van der Waals surface area contributed by atoms with Crippen LogP contribution in [0.4, 0.5) is 11.4 Å². The van der Waals surface area contributed by atoms with Crippen LogP contribution in [-0.4, -0.2) is 42.6 Å². The van der Waals surface area contributed by atoms with Gasteiger partial charge < -0.3 is 25.2 Å². The first-order valence-corrected chi connectivity index (χ1v) is 10.3. The molecule has 0 aromatic heterocycles. The van der Waals surface area contributed by atoms with Crippen molar-refractivity contribution < 1.29 is 33.8 Å². The molecule has 172 valence electrons. The number of amides is 2. The first-order chi connectivity index (χ1) is 15.9. The molecule has 0 saturated carbocycles. The molecule has 0 fully saturated rings. The van der Waals surface area contributed by atoms with Crippen LogP contribution >= 0.6 is 0 Å². The Kier molecular flexibility index (Phi) is 7.80. The topological polar surface area (TPSA) is 131 Å². The largest absolute Gasteiger partial charge is 0.497 e. The molecule has 3 N–H and O–H groups in total. The van der Waals surface area contributed by atoms with Crippen molar-refractivity contribution in [3.63, 3.8) is 0 Å². The lowest BCUT2D eigenvalue weighted by molar-refractivity contribution is -0.146. The van der Waals surface area contributed by atoms with Crippen molar-refractivity contribution in [3.05, 3.63) is 66.2 Å². The molecule has 0 radical (unpaired) electrons. The van der Waals surface area contributed by atoms with Crippen molar-refractivity contribution in [1.29, 1.82) is 0 Å². The molecule has 2 aromatic rings. The van der Waals surface area contributed by atoms with Gasteiger partial charge in [0.05, 0.1) is 24.5 Å². The number of nitrogens with one attached hydrogen (secondary N) is 2. The van der Waals surface area contributed by atoms with Crippen molar-refractivity contribution in [3.8, 4) is 5.75 Å². The Labute approximate surface area is 190 Å². The quantitative estimate of drug-likeness (QED) is 0.414. The van der Waals surface area contributed by atoms with Crippen molar-refractivity contribution in [2.24, 2.45) is 11.8 Å². The highest BCUT2D eigenvalue weighted by atomic mass is 16.5. The van der Waals surface area contributed by atoms with E-state index in [1.54, 1.807) is 36.4 Å². The molecule has 0 unspecified atom stereocenters. The fraction of sp³-hybridized carbons (Fsp3) is 0.250. The summed E-state index contributed by atoms with van der Waals surface area (Å²) in [6.45, 7) is -0.463. The summed E-state index contributed by atoms with van der Waals surface area (Å²) in [7, 11) is 1.54. The minimum atomic E-state index is -1.01. The number of aliphatic carboxylic acids is 1. The van der Waals surface area contributed by atoms with Gasteiger partial charge in [-0.2, -0.15) is 0 Å². The van der Waals surface area contributed by atoms with E-state index >= 15 is 0 Å². The van der Waals surface area contributed by atoms with Crippen LogP contribution < -0.4 is 15.4 Å². The highest BCUT2D eigenvalue weighted by Gasteiger charge is 2.33. The number of carboxylic acid groups (broad SMARTS) is 1. The minimum absolute atomic E-state index is 0.203. The van der Waals surface area contributed by atoms with Crippen LogP contribution in [0.1, 0.15) is 23.2 Å². The van der Waals surface area contributed by atoms with E-state index in [0.29, 0.717) is 30.0 Å². The van der Waals surface area contributed by atoms with Gasteiger partial charge in [0, 0.05) is 11.4 Å². The number of hydrogen-bond acceptors (Lipinski definition) is 6. The number of benzene rings is 2. The number of methoxy groups -OCH3 is 1. The summed E-state index contributed by atoms with van der Waals surface area (Å²) in [5.74, 6) is -3.37. The number of anilines is 2. The lowest BCUT2D eigenvalue weighted by atomic mass is 9.82. The molecular formula is C24H24N2O7. The zero-order valence-corrected chi connectivity index (χ0v) is 17.9. The second-order valence-corrected chi connectivity index (χ2v) is 7.41. The molecule has 1 aliphatic rings. The van der Waals surface area contributed by atoms with Gasteiger partial charge in [0.25, 0.3) is 5.91 Å². The van der Waals surface area contributed by atoms with Crippen molar-refractivity contribution in [1.82, 2.24) is 0 Å². The number of carbonyl (C=O) groups excluding carboxylic acids is 3. The Morgan fingerprint density at radius 3 is 2.06 bits per heavy atom. The third-order valence-corrected chi connectivity index (χ3v) is 5.18. The van der Waals surface area contributed by atoms with E-state index in [1.807, 2.05) is 0 Å². The van der Waals surface area contributed by atoms with Gasteiger partial charge in [-0.05, 0) is 61.4 Å². The predicted molar refractivity (Wildman–Crippen MR) is 120 cm³/mol. The first kappa shape index (κ1) is 23.5. The van der Waals surface area contributed by atoms with Crippen molar-refractivity contribution in [2.45, 2.75) is 12.8 Å². The monoisotopic (exact) mass is 452 g/mol. The number of rotatable bonds is 8. The zero-order valence-electron chi connectivity index (χ0n) is 17.9. The first-order valence-electron chi connectivity index (χ1n) is 10.3. The fourth-order valence-corrected chi connectivity index (χ4v) is 3.39. The van der Waals surface area contributed by atoms with Crippen molar-refractivity contribution >= 4 is 35.1 Å². The summed E-state index contributed by atoms with van der Waals surface area (Å²) in [4.78, 5) is 48.1. The molecule has 33 heavy (non-hydrogen) atoms. The second-order valence-electron chi connectivity index (χ2n) is 7.41. The summed E-state index contributed by atoms with van der Waals surface area (Å²) >= 11 is 0. The Bertz CT molecular complexity index is 1050. The Morgan fingerprint density at radius 1 is 0.879 bits per heavy atom. The van der Waals surface area contributed by atoms with Crippen LogP contribution in [0.5, 0.6) is 5.75 Å². The summed E-state index contributed by atoms with van der Waals surface area (Å²) < 4.78 is 10.1. The lowest BCUT2D eigenvalue weighted by Gasteiger charge is -2.24. The lowest BCUT2D eigenvalue weighted by Crippen LogP contribution is -2.34. The third-order valence-electron chi connectivity index (χ3n) is 5.18. The molecule has 0 spiro atoms. The van der Waals surface area contributed by atoms with E-state index in [0.717, 1.165) is 0 Å². The van der Waals surface area contributed by atoms with Gasteiger partial charge >= 0.3 is 11.9 Å². The SMILES string of the molecule is COc1ccc(NC(=O)COC(=O)c2ccc(NC(=O)[C@@H]3CC=CC[C@H]3C(=O)O)cc2)cc1. The van der Waals surface area contributed by atoms with Gasteiger partial charge in [0.1, 0.15) is 5.75 Å². The molecule has 2 atom stereocenters. The molecule has 1 aliphatic carbocycles. The van der Waals surface area contributed by atoms with Gasteiger partial charge in [-0.1, -0.05) is 12.2 Å². The Balaban J connectivity index is 1.50. The maximum absolute atomic E-state index is 12.5. The number of carbonyl (C=O) groups is 4. The van der Waals surface area contributed by atoms with Crippen LogP contribution in [0, 0.1) is 11.8 Å². The predicted octanol–water partition coefficient (Wildman–Crippen LogP) is 3.10. The number of hydrogen-bond donors (Lipinski definition) is 3. The minimum Gasteiger partial charge on any atom is -0.497 e. The number of allylic oxidation sites excluding steroid dienone is 2. The number of carboxylic acids is 1. The van der Waals surface area contributed by atoms with Crippen LogP contribution in [-0.2, 0) is 19.1 Å². The van der Waals surface area contributed by atoms with E-state index in [9.17, 15) is 24.3 Å². The summed E-state index contributed by atoms with van der Waals surface area (Å²) in [5.41, 5.74) is 1.16. The van der Waals surface area contributed by atoms with Gasteiger partial charge in [0.2, 0.25) is 5.91 Å². The van der Waals surface area contributed by atoms with E-state index in [4.69, 9.17) is 9.47 Å². The maximum atomic E-state index is 12.5. The molecule has 0 saturated heterocycles. The van der Waals surface area contributed by atoms with Crippen LogP contribution in [0.25, 0.3) is 0 Å². The van der Waals surface area contributed by atoms with Gasteiger partial charge in [-0.3, -0.25) is 14.4 Å². The molecule has 3 rings (SSSR count). The number of ether oxygens (including phenoxy) is 2. The Morgan fingerprint density at radius 2 is 1.45 bits per heavy atom. The highest BCUT2D eigenvalue weighted by Crippen LogP contribution is 2.27. The van der Waals surface area contributed by atoms with Gasteiger partial charge in [-0.25, -0.2) is 4.79 Å². The summed E-state index contributed by atoms with van der Waals surface area (Å²) in [5, 5.41) is 14.6. The van der Waals surface area contributed by atoms with Crippen LogP contribution in [0.2, 0.25) is 0 Å². The molecule has 0 heterocycles. The molecule has 0 aliphatic heterocycles. The van der Waals surface area contributed by atoms with Gasteiger partial charge in [0.15, 0.2) is 6.61 Å². The highest BCUT2D eigenvalue weighted by molar-refractivity contribution is 5.97. The third kappa shape index (κ3) is 6.42. The van der Waals surface area contributed by atoms with Crippen LogP contribution in [0.3, 0.4) is 0 Å². The maximum Gasteiger partial charge on any atom is 0.338 e. The van der Waals surface area contributed by atoms with E-state index < -0.39 is 42.2 Å². The average molecular weight is 452 g/mol. The molecule has 9 heteroatoms. The zero-order chi connectivity index (χ0) is 23.8.